The number of esters is 1. The van der Waals surface area contributed by atoms with Gasteiger partial charge in [0.1, 0.15) is 0 Å². The molecular formula is C19H24ClN3O3. The average Bonchev–Trinajstić information content (AvgIpc) is 3.06. The predicted molar refractivity (Wildman–Crippen MR) is 101 cm³/mol. The molecule has 0 saturated carbocycles. The van der Waals surface area contributed by atoms with Crippen LogP contribution in [0.5, 0.6) is 0 Å². The number of nitrogens with zero attached hydrogens (tertiary/aromatic N) is 3. The van der Waals surface area contributed by atoms with Gasteiger partial charge in [-0.15, -0.1) is 0 Å². The van der Waals surface area contributed by atoms with Crippen LogP contribution in [0.4, 0.5) is 0 Å². The third-order valence-electron chi connectivity index (χ3n) is 4.10. The van der Waals surface area contributed by atoms with Crippen LogP contribution in [0, 0.1) is 0 Å². The van der Waals surface area contributed by atoms with Crippen molar-refractivity contribution in [3.05, 3.63) is 46.7 Å². The molecule has 0 unspecified atom stereocenters. The highest BCUT2D eigenvalue weighted by Crippen LogP contribution is 2.25. The number of rotatable bonds is 7. The molecule has 0 saturated heterocycles. The minimum absolute atomic E-state index is 0.107. The van der Waals surface area contributed by atoms with E-state index in [9.17, 15) is 9.59 Å². The molecule has 140 valence electrons. The van der Waals surface area contributed by atoms with Gasteiger partial charge in [-0.25, -0.2) is 4.68 Å². The lowest BCUT2D eigenvalue weighted by Crippen LogP contribution is -2.29. The zero-order valence-electron chi connectivity index (χ0n) is 15.5. The fourth-order valence-electron chi connectivity index (χ4n) is 2.74. The Bertz CT molecular complexity index is 769. The molecule has 0 bridgehead atoms. The maximum absolute atomic E-state index is 12.8. The van der Waals surface area contributed by atoms with Gasteiger partial charge in [0.25, 0.3) is 5.91 Å². The number of ether oxygens (including phenoxy) is 1. The summed E-state index contributed by atoms with van der Waals surface area (Å²) in [6.07, 6.45) is 2.44. The summed E-state index contributed by atoms with van der Waals surface area (Å²) in [7, 11) is 3.08. The zero-order valence-corrected chi connectivity index (χ0v) is 16.3. The van der Waals surface area contributed by atoms with Gasteiger partial charge in [-0.2, -0.15) is 5.10 Å². The molecular weight excluding hydrogens is 354 g/mol. The monoisotopic (exact) mass is 377 g/mol. The molecule has 1 aromatic carbocycles. The van der Waals surface area contributed by atoms with Gasteiger partial charge in [0, 0.05) is 25.0 Å². The van der Waals surface area contributed by atoms with Crippen LogP contribution in [0.25, 0.3) is 5.69 Å². The molecule has 1 aromatic heterocycles. The Balaban J connectivity index is 2.22. The maximum Gasteiger partial charge on any atom is 0.305 e. The van der Waals surface area contributed by atoms with E-state index in [1.807, 2.05) is 26.0 Å². The Hall–Kier alpha value is -2.34. The van der Waals surface area contributed by atoms with Gasteiger partial charge < -0.3 is 9.64 Å². The number of carbonyl (C=O) groups is 2. The van der Waals surface area contributed by atoms with Crippen molar-refractivity contribution in [2.45, 2.75) is 32.6 Å². The van der Waals surface area contributed by atoms with E-state index in [1.54, 1.807) is 35.0 Å². The first-order valence-electron chi connectivity index (χ1n) is 8.51. The van der Waals surface area contributed by atoms with Crippen LogP contribution in [-0.2, 0) is 9.53 Å². The van der Waals surface area contributed by atoms with Crippen LogP contribution in [0.15, 0.2) is 30.5 Å². The number of aromatic nitrogens is 2. The Morgan fingerprint density at radius 2 is 1.92 bits per heavy atom. The molecule has 2 aromatic rings. The summed E-state index contributed by atoms with van der Waals surface area (Å²) < 4.78 is 6.40. The van der Waals surface area contributed by atoms with E-state index in [2.05, 4.69) is 9.84 Å². The van der Waals surface area contributed by atoms with Crippen LogP contribution < -0.4 is 0 Å². The predicted octanol–water partition coefficient (Wildman–Crippen LogP) is 3.67. The summed E-state index contributed by atoms with van der Waals surface area (Å²) in [5, 5.41) is 5.06. The third-order valence-corrected chi connectivity index (χ3v) is 4.36. The summed E-state index contributed by atoms with van der Waals surface area (Å²) in [5.41, 5.74) is 2.26. The normalized spacial score (nSPS) is 10.8. The average molecular weight is 378 g/mol. The van der Waals surface area contributed by atoms with E-state index in [0.29, 0.717) is 23.6 Å². The molecule has 0 fully saturated rings. The molecule has 1 amide bonds. The first-order chi connectivity index (χ1) is 12.3. The Kier molecular flexibility index (Phi) is 6.80. The molecule has 7 heteroatoms. The lowest BCUT2D eigenvalue weighted by atomic mass is 10.0. The highest BCUT2D eigenvalue weighted by atomic mass is 35.5. The van der Waals surface area contributed by atoms with Crippen molar-refractivity contribution >= 4 is 23.5 Å². The summed E-state index contributed by atoms with van der Waals surface area (Å²) in [5.74, 6) is -0.279. The highest BCUT2D eigenvalue weighted by Gasteiger charge is 2.23. The smallest absolute Gasteiger partial charge is 0.305 e. The van der Waals surface area contributed by atoms with Crippen molar-refractivity contribution in [3.8, 4) is 5.69 Å². The van der Waals surface area contributed by atoms with Crippen LogP contribution in [0.1, 0.15) is 48.7 Å². The summed E-state index contributed by atoms with van der Waals surface area (Å²) in [4.78, 5) is 25.7. The topological polar surface area (TPSA) is 64.4 Å². The van der Waals surface area contributed by atoms with E-state index in [4.69, 9.17) is 11.6 Å². The number of amides is 1. The number of hydrogen-bond acceptors (Lipinski definition) is 4. The highest BCUT2D eigenvalue weighted by molar-refractivity contribution is 6.30. The Labute approximate surface area is 158 Å². The van der Waals surface area contributed by atoms with Crippen molar-refractivity contribution in [1.82, 2.24) is 14.7 Å². The molecule has 0 aliphatic heterocycles. The van der Waals surface area contributed by atoms with Crippen LogP contribution in [0.2, 0.25) is 5.02 Å². The van der Waals surface area contributed by atoms with Crippen molar-refractivity contribution < 1.29 is 14.3 Å². The molecule has 26 heavy (non-hydrogen) atoms. The van der Waals surface area contributed by atoms with Crippen LogP contribution >= 0.6 is 11.6 Å². The molecule has 1 heterocycles. The second-order valence-corrected chi connectivity index (χ2v) is 6.83. The quantitative estimate of drug-likeness (QED) is 0.690. The van der Waals surface area contributed by atoms with E-state index < -0.39 is 0 Å². The molecule has 2 rings (SSSR count). The maximum atomic E-state index is 12.8. The largest absolute Gasteiger partial charge is 0.469 e. The van der Waals surface area contributed by atoms with Crippen molar-refractivity contribution in [2.75, 3.05) is 20.7 Å². The van der Waals surface area contributed by atoms with Crippen LogP contribution in [-0.4, -0.2) is 47.3 Å². The van der Waals surface area contributed by atoms with Gasteiger partial charge in [-0.3, -0.25) is 9.59 Å². The standard InChI is InChI=1S/C19H24ClN3O3/c1-13(2)18-16(19(25)22(3)11-5-6-17(24)26-4)12-21-23(18)15-9-7-14(20)8-10-15/h7-10,12-13H,5-6,11H2,1-4H3. The van der Waals surface area contributed by atoms with E-state index in [0.717, 1.165) is 11.4 Å². The molecule has 0 spiro atoms. The van der Waals surface area contributed by atoms with Gasteiger partial charge in [-0.05, 0) is 36.6 Å². The Morgan fingerprint density at radius 1 is 1.27 bits per heavy atom. The summed E-state index contributed by atoms with van der Waals surface area (Å²) >= 11 is 5.96. The van der Waals surface area contributed by atoms with E-state index >= 15 is 0 Å². The van der Waals surface area contributed by atoms with Gasteiger partial charge in [0.05, 0.1) is 30.3 Å². The second kappa shape index (κ2) is 8.85. The second-order valence-electron chi connectivity index (χ2n) is 6.39. The van der Waals surface area contributed by atoms with Crippen LogP contribution in [0.3, 0.4) is 0 Å². The molecule has 6 nitrogen and oxygen atoms in total. The number of halogens is 1. The van der Waals surface area contributed by atoms with Gasteiger partial charge in [0.2, 0.25) is 0 Å². The molecule has 0 N–H and O–H groups in total. The summed E-state index contributed by atoms with van der Waals surface area (Å²) in [6, 6.07) is 7.33. The van der Waals surface area contributed by atoms with Gasteiger partial charge in [0.15, 0.2) is 0 Å². The minimum atomic E-state index is -0.274. The lowest BCUT2D eigenvalue weighted by molar-refractivity contribution is -0.140. The Morgan fingerprint density at radius 3 is 2.50 bits per heavy atom. The van der Waals surface area contributed by atoms with E-state index in [1.165, 1.54) is 7.11 Å². The molecule has 0 atom stereocenters. The van der Waals surface area contributed by atoms with E-state index in [-0.39, 0.29) is 24.2 Å². The van der Waals surface area contributed by atoms with Crippen molar-refractivity contribution in [3.63, 3.8) is 0 Å². The molecule has 0 radical (unpaired) electrons. The number of carbonyl (C=O) groups excluding carboxylic acids is 2. The zero-order chi connectivity index (χ0) is 19.3. The number of methoxy groups -OCH3 is 1. The van der Waals surface area contributed by atoms with Crippen molar-refractivity contribution in [2.24, 2.45) is 0 Å². The molecule has 0 aliphatic rings. The summed E-state index contributed by atoms with van der Waals surface area (Å²) in [6.45, 7) is 4.52. The fourth-order valence-corrected chi connectivity index (χ4v) is 2.86. The first kappa shape index (κ1) is 20.0. The lowest BCUT2D eigenvalue weighted by Gasteiger charge is -2.18. The first-order valence-corrected chi connectivity index (χ1v) is 8.89. The minimum Gasteiger partial charge on any atom is -0.469 e. The molecule has 0 aliphatic carbocycles. The van der Waals surface area contributed by atoms with Crippen molar-refractivity contribution in [1.29, 1.82) is 0 Å². The number of hydrogen-bond donors (Lipinski definition) is 0. The van der Waals surface area contributed by atoms with Gasteiger partial charge in [-0.1, -0.05) is 25.4 Å². The number of benzene rings is 1. The van der Waals surface area contributed by atoms with Gasteiger partial charge >= 0.3 is 5.97 Å². The SMILES string of the molecule is COC(=O)CCCN(C)C(=O)c1cnn(-c2ccc(Cl)cc2)c1C(C)C. The fraction of sp³-hybridized carbons (Fsp3) is 0.421. The third kappa shape index (κ3) is 4.64.